The zero-order valence-electron chi connectivity index (χ0n) is 14.2. The van der Waals surface area contributed by atoms with Crippen LogP contribution in [0.5, 0.6) is 17.2 Å². The first kappa shape index (κ1) is 18.8. The monoisotopic (exact) mass is 406 g/mol. The lowest BCUT2D eigenvalue weighted by Gasteiger charge is -2.11. The highest BCUT2D eigenvalue weighted by molar-refractivity contribution is 9.10. The minimum absolute atomic E-state index is 0.0392. The smallest absolute Gasteiger partial charge is 0.277 e. The second-order valence-corrected chi connectivity index (χ2v) is 6.30. The van der Waals surface area contributed by atoms with Gasteiger partial charge in [-0.3, -0.25) is 4.79 Å². The Morgan fingerprint density at radius 1 is 1.28 bits per heavy atom. The summed E-state index contributed by atoms with van der Waals surface area (Å²) in [7, 11) is 1.46. The molecule has 6 nitrogen and oxygen atoms in total. The van der Waals surface area contributed by atoms with Crippen molar-refractivity contribution in [3.63, 3.8) is 0 Å². The first-order chi connectivity index (χ1) is 11.9. The molecule has 7 heteroatoms. The Bertz CT molecular complexity index is 783. The summed E-state index contributed by atoms with van der Waals surface area (Å²) in [6, 6.07) is 8.60. The van der Waals surface area contributed by atoms with Crippen LogP contribution in [-0.2, 0) is 4.79 Å². The standard InChI is InChI=1S/C18H19BrN2O4/c1-11-6-14(19)7-12(2)18(11)25-10-17(23)21-20-9-13-4-5-15(22)16(8-13)24-3/h4-9,22H,10H2,1-3H3,(H,21,23)/b20-9-. The second kappa shape index (κ2) is 8.53. The summed E-state index contributed by atoms with van der Waals surface area (Å²) in [6.07, 6.45) is 1.45. The molecule has 0 bridgehead atoms. The lowest BCUT2D eigenvalue weighted by molar-refractivity contribution is -0.123. The number of phenols is 1. The summed E-state index contributed by atoms with van der Waals surface area (Å²) in [5.41, 5.74) is 4.96. The topological polar surface area (TPSA) is 80.2 Å². The van der Waals surface area contributed by atoms with E-state index in [0.29, 0.717) is 17.1 Å². The SMILES string of the molecule is COc1cc(/C=N\NC(=O)COc2c(C)cc(Br)cc2C)ccc1O. The molecule has 1 amide bonds. The summed E-state index contributed by atoms with van der Waals surface area (Å²) in [6.45, 7) is 3.70. The van der Waals surface area contributed by atoms with Gasteiger partial charge in [0.05, 0.1) is 13.3 Å². The molecule has 0 fully saturated rings. The molecule has 0 unspecified atom stereocenters. The molecule has 2 aromatic rings. The number of phenolic OH excluding ortho intramolecular Hbond substituents is 1. The number of rotatable bonds is 6. The number of ether oxygens (including phenoxy) is 2. The van der Waals surface area contributed by atoms with Crippen molar-refractivity contribution in [3.05, 3.63) is 51.5 Å². The Morgan fingerprint density at radius 2 is 1.96 bits per heavy atom. The van der Waals surface area contributed by atoms with Gasteiger partial charge in [0.25, 0.3) is 5.91 Å². The number of amides is 1. The second-order valence-electron chi connectivity index (χ2n) is 5.38. The molecule has 2 aromatic carbocycles. The highest BCUT2D eigenvalue weighted by atomic mass is 79.9. The molecule has 0 radical (unpaired) electrons. The summed E-state index contributed by atoms with van der Waals surface area (Å²) >= 11 is 3.42. The highest BCUT2D eigenvalue weighted by Gasteiger charge is 2.08. The van der Waals surface area contributed by atoms with Gasteiger partial charge in [0.2, 0.25) is 0 Å². The van der Waals surface area contributed by atoms with Gasteiger partial charge in [0.15, 0.2) is 18.1 Å². The van der Waals surface area contributed by atoms with Crippen LogP contribution in [0, 0.1) is 13.8 Å². The molecular weight excluding hydrogens is 388 g/mol. The molecule has 0 aliphatic carbocycles. The maximum atomic E-state index is 11.8. The van der Waals surface area contributed by atoms with Crippen molar-refractivity contribution in [2.45, 2.75) is 13.8 Å². The van der Waals surface area contributed by atoms with Crippen LogP contribution in [0.2, 0.25) is 0 Å². The van der Waals surface area contributed by atoms with E-state index in [2.05, 4.69) is 26.5 Å². The molecule has 0 saturated heterocycles. The van der Waals surface area contributed by atoms with Gasteiger partial charge >= 0.3 is 0 Å². The van der Waals surface area contributed by atoms with Gasteiger partial charge in [-0.05, 0) is 60.9 Å². The van der Waals surface area contributed by atoms with E-state index in [-0.39, 0.29) is 18.3 Å². The average Bonchev–Trinajstić information content (AvgIpc) is 2.55. The maximum Gasteiger partial charge on any atom is 0.277 e. The summed E-state index contributed by atoms with van der Waals surface area (Å²) < 4.78 is 11.6. The molecule has 0 spiro atoms. The van der Waals surface area contributed by atoms with Gasteiger partial charge < -0.3 is 14.6 Å². The fourth-order valence-corrected chi connectivity index (χ4v) is 2.94. The first-order valence-corrected chi connectivity index (χ1v) is 8.28. The van der Waals surface area contributed by atoms with E-state index in [1.807, 2.05) is 26.0 Å². The summed E-state index contributed by atoms with van der Waals surface area (Å²) in [4.78, 5) is 11.8. The fraction of sp³-hybridized carbons (Fsp3) is 0.222. The van der Waals surface area contributed by atoms with Crippen LogP contribution in [0.15, 0.2) is 39.9 Å². The summed E-state index contributed by atoms with van der Waals surface area (Å²) in [5, 5.41) is 13.4. The molecule has 0 atom stereocenters. The fourth-order valence-electron chi connectivity index (χ4n) is 2.25. The number of carbonyl (C=O) groups is 1. The van der Waals surface area contributed by atoms with Crippen LogP contribution in [-0.4, -0.2) is 30.9 Å². The molecule has 25 heavy (non-hydrogen) atoms. The van der Waals surface area contributed by atoms with Crippen molar-refractivity contribution < 1.29 is 19.4 Å². The minimum atomic E-state index is -0.372. The minimum Gasteiger partial charge on any atom is -0.504 e. The predicted octanol–water partition coefficient (Wildman–Crippen LogP) is 3.31. The van der Waals surface area contributed by atoms with Crippen LogP contribution < -0.4 is 14.9 Å². The number of halogens is 1. The number of nitrogens with zero attached hydrogens (tertiary/aromatic N) is 1. The van der Waals surface area contributed by atoms with Gasteiger partial charge in [0.1, 0.15) is 5.75 Å². The molecule has 0 saturated carbocycles. The lowest BCUT2D eigenvalue weighted by atomic mass is 10.1. The highest BCUT2D eigenvalue weighted by Crippen LogP contribution is 2.27. The van der Waals surface area contributed by atoms with Crippen LogP contribution in [0.3, 0.4) is 0 Å². The number of aryl methyl sites for hydroxylation is 2. The first-order valence-electron chi connectivity index (χ1n) is 7.49. The molecule has 0 aromatic heterocycles. The zero-order chi connectivity index (χ0) is 18.4. The van der Waals surface area contributed by atoms with Gasteiger partial charge in [-0.2, -0.15) is 5.10 Å². The number of benzene rings is 2. The number of hydrogen-bond donors (Lipinski definition) is 2. The van der Waals surface area contributed by atoms with Crippen LogP contribution >= 0.6 is 15.9 Å². The van der Waals surface area contributed by atoms with Gasteiger partial charge in [-0.15, -0.1) is 0 Å². The third-order valence-corrected chi connectivity index (χ3v) is 3.84. The van der Waals surface area contributed by atoms with E-state index in [0.717, 1.165) is 15.6 Å². The largest absolute Gasteiger partial charge is 0.504 e. The Morgan fingerprint density at radius 3 is 2.60 bits per heavy atom. The van der Waals surface area contributed by atoms with Crippen molar-refractivity contribution in [2.75, 3.05) is 13.7 Å². The maximum absolute atomic E-state index is 11.8. The van der Waals surface area contributed by atoms with Crippen molar-refractivity contribution in [1.82, 2.24) is 5.43 Å². The van der Waals surface area contributed by atoms with E-state index in [1.165, 1.54) is 19.4 Å². The Balaban J connectivity index is 1.91. The van der Waals surface area contributed by atoms with Gasteiger partial charge in [0, 0.05) is 4.47 Å². The zero-order valence-corrected chi connectivity index (χ0v) is 15.8. The molecule has 0 heterocycles. The number of nitrogens with one attached hydrogen (secondary N) is 1. The van der Waals surface area contributed by atoms with Crippen molar-refractivity contribution in [2.24, 2.45) is 5.10 Å². The Kier molecular flexibility index (Phi) is 6.41. The Hall–Kier alpha value is -2.54. The molecule has 0 aliphatic rings. The van der Waals surface area contributed by atoms with E-state index >= 15 is 0 Å². The van der Waals surface area contributed by atoms with E-state index in [1.54, 1.807) is 12.1 Å². The Labute approximate surface area is 154 Å². The van der Waals surface area contributed by atoms with Crippen molar-refractivity contribution in [1.29, 1.82) is 0 Å². The van der Waals surface area contributed by atoms with Crippen molar-refractivity contribution in [3.8, 4) is 17.2 Å². The molecule has 0 aliphatic heterocycles. The summed E-state index contributed by atoms with van der Waals surface area (Å²) in [5.74, 6) is 0.687. The molecular formula is C18H19BrN2O4. The van der Waals surface area contributed by atoms with Crippen LogP contribution in [0.1, 0.15) is 16.7 Å². The van der Waals surface area contributed by atoms with Gasteiger partial charge in [-0.1, -0.05) is 15.9 Å². The average molecular weight is 407 g/mol. The lowest BCUT2D eigenvalue weighted by Crippen LogP contribution is -2.25. The number of carbonyl (C=O) groups excluding carboxylic acids is 1. The van der Waals surface area contributed by atoms with Gasteiger partial charge in [-0.25, -0.2) is 5.43 Å². The van der Waals surface area contributed by atoms with E-state index in [9.17, 15) is 9.90 Å². The third kappa shape index (κ3) is 5.22. The number of methoxy groups -OCH3 is 1. The molecule has 2 rings (SSSR count). The van der Waals surface area contributed by atoms with E-state index < -0.39 is 0 Å². The van der Waals surface area contributed by atoms with Crippen LogP contribution in [0.4, 0.5) is 0 Å². The molecule has 2 N–H and O–H groups in total. The third-order valence-electron chi connectivity index (χ3n) is 3.38. The quantitative estimate of drug-likeness (QED) is 0.569. The number of hydrazone groups is 1. The normalized spacial score (nSPS) is 10.7. The van der Waals surface area contributed by atoms with Crippen molar-refractivity contribution >= 4 is 28.1 Å². The molecule has 132 valence electrons. The predicted molar refractivity (Wildman–Crippen MR) is 99.5 cm³/mol. The van der Waals surface area contributed by atoms with Crippen LogP contribution in [0.25, 0.3) is 0 Å². The van der Waals surface area contributed by atoms with E-state index in [4.69, 9.17) is 9.47 Å². The number of aromatic hydroxyl groups is 1. The number of hydrogen-bond acceptors (Lipinski definition) is 5.